The van der Waals surface area contributed by atoms with Gasteiger partial charge in [-0.1, -0.05) is 17.7 Å². The normalized spacial score (nSPS) is 25.2. The molecule has 1 spiro atoms. The van der Waals surface area contributed by atoms with Crippen molar-refractivity contribution in [2.24, 2.45) is 5.73 Å². The van der Waals surface area contributed by atoms with Crippen molar-refractivity contribution in [3.05, 3.63) is 51.6 Å². The molecule has 1 atom stereocenters. The lowest BCUT2D eigenvalue weighted by Crippen LogP contribution is -2.46. The molecule has 0 radical (unpaired) electrons. The van der Waals surface area contributed by atoms with Crippen LogP contribution in [0.1, 0.15) is 24.8 Å². The molecular formula is C17H12ClN3O3. The van der Waals surface area contributed by atoms with Crippen molar-refractivity contribution < 1.29 is 14.3 Å². The lowest BCUT2D eigenvalue weighted by Gasteiger charge is -2.36. The van der Waals surface area contributed by atoms with E-state index < -0.39 is 11.3 Å². The van der Waals surface area contributed by atoms with E-state index in [0.717, 1.165) is 0 Å². The van der Waals surface area contributed by atoms with Crippen LogP contribution in [0.2, 0.25) is 5.02 Å². The Balaban J connectivity index is 2.11. The van der Waals surface area contributed by atoms with E-state index in [0.29, 0.717) is 41.3 Å². The maximum absolute atomic E-state index is 13.0. The summed E-state index contributed by atoms with van der Waals surface area (Å²) in [4.78, 5) is 25.7. The van der Waals surface area contributed by atoms with E-state index in [9.17, 15) is 14.9 Å². The van der Waals surface area contributed by atoms with Gasteiger partial charge in [0.05, 0.1) is 5.57 Å². The Labute approximate surface area is 142 Å². The van der Waals surface area contributed by atoms with Gasteiger partial charge in [-0.15, -0.1) is 0 Å². The summed E-state index contributed by atoms with van der Waals surface area (Å²) in [6.45, 7) is 0. The molecule has 120 valence electrons. The molecule has 24 heavy (non-hydrogen) atoms. The van der Waals surface area contributed by atoms with Crippen LogP contribution >= 0.6 is 11.6 Å². The minimum atomic E-state index is -1.55. The van der Waals surface area contributed by atoms with Crippen LogP contribution in [0.25, 0.3) is 0 Å². The topological polar surface area (TPSA) is 105 Å². The number of nitrogens with two attached hydrogens (primary N) is 1. The third-order valence-corrected chi connectivity index (χ3v) is 4.92. The molecule has 4 rings (SSSR count). The molecular weight excluding hydrogens is 330 g/mol. The van der Waals surface area contributed by atoms with Crippen molar-refractivity contribution >= 4 is 29.0 Å². The van der Waals surface area contributed by atoms with Gasteiger partial charge in [0.1, 0.15) is 22.8 Å². The minimum Gasteiger partial charge on any atom is -0.444 e. The molecule has 3 N–H and O–H groups in total. The number of benzene rings is 1. The van der Waals surface area contributed by atoms with Crippen molar-refractivity contribution in [2.45, 2.75) is 24.7 Å². The van der Waals surface area contributed by atoms with Gasteiger partial charge in [0.15, 0.2) is 5.78 Å². The first-order valence-electron chi connectivity index (χ1n) is 7.46. The molecule has 0 saturated carbocycles. The van der Waals surface area contributed by atoms with Crippen LogP contribution in [-0.4, -0.2) is 11.7 Å². The third-order valence-electron chi connectivity index (χ3n) is 4.68. The van der Waals surface area contributed by atoms with E-state index in [-0.39, 0.29) is 22.8 Å². The number of ketones is 1. The highest BCUT2D eigenvalue weighted by Crippen LogP contribution is 2.54. The lowest BCUT2D eigenvalue weighted by molar-refractivity contribution is -0.123. The number of carbonyl (C=O) groups excluding carboxylic acids is 2. The fourth-order valence-corrected chi connectivity index (χ4v) is 3.92. The van der Waals surface area contributed by atoms with E-state index in [1.807, 2.05) is 6.07 Å². The van der Waals surface area contributed by atoms with Crippen LogP contribution in [0.15, 0.2) is 41.0 Å². The van der Waals surface area contributed by atoms with Crippen molar-refractivity contribution in [1.82, 2.24) is 0 Å². The molecule has 1 aromatic rings. The highest BCUT2D eigenvalue weighted by Gasteiger charge is 2.59. The summed E-state index contributed by atoms with van der Waals surface area (Å²) < 4.78 is 5.53. The van der Waals surface area contributed by atoms with Crippen LogP contribution in [0, 0.1) is 11.3 Å². The number of amides is 1. The summed E-state index contributed by atoms with van der Waals surface area (Å²) in [5, 5.41) is 12.8. The number of Topliss-reactive ketones (excluding diaryl/α,β-unsaturated/α-hetero) is 1. The fraction of sp³-hybridized carbons (Fsp3) is 0.235. The van der Waals surface area contributed by atoms with Gasteiger partial charge >= 0.3 is 0 Å². The largest absolute Gasteiger partial charge is 0.444 e. The molecule has 1 aromatic carbocycles. The van der Waals surface area contributed by atoms with E-state index in [1.54, 1.807) is 18.2 Å². The highest BCUT2D eigenvalue weighted by atomic mass is 35.5. The number of halogens is 1. The van der Waals surface area contributed by atoms with Crippen LogP contribution < -0.4 is 11.1 Å². The molecule has 0 bridgehead atoms. The summed E-state index contributed by atoms with van der Waals surface area (Å²) in [6.07, 6.45) is 1.43. The number of carbonyl (C=O) groups is 2. The monoisotopic (exact) mass is 341 g/mol. The number of rotatable bonds is 0. The number of ether oxygens (including phenoxy) is 1. The molecule has 1 amide bonds. The molecule has 2 heterocycles. The number of anilines is 1. The third kappa shape index (κ3) is 1.65. The van der Waals surface area contributed by atoms with E-state index in [1.165, 1.54) is 0 Å². The van der Waals surface area contributed by atoms with Crippen molar-refractivity contribution in [2.75, 3.05) is 5.32 Å². The Morgan fingerprint density at radius 2 is 2.12 bits per heavy atom. The van der Waals surface area contributed by atoms with Crippen LogP contribution in [0.3, 0.4) is 0 Å². The van der Waals surface area contributed by atoms with Gasteiger partial charge in [0.25, 0.3) is 0 Å². The van der Waals surface area contributed by atoms with Gasteiger partial charge in [-0.05, 0) is 18.6 Å². The number of nitriles is 1. The van der Waals surface area contributed by atoms with Gasteiger partial charge in [-0.2, -0.15) is 5.26 Å². The van der Waals surface area contributed by atoms with Crippen molar-refractivity contribution in [1.29, 1.82) is 5.26 Å². The van der Waals surface area contributed by atoms with Gasteiger partial charge in [-0.3, -0.25) is 9.59 Å². The smallest absolute Gasteiger partial charge is 0.245 e. The van der Waals surface area contributed by atoms with Gasteiger partial charge in [-0.25, -0.2) is 0 Å². The zero-order chi connectivity index (χ0) is 17.1. The van der Waals surface area contributed by atoms with E-state index >= 15 is 0 Å². The average molecular weight is 342 g/mol. The molecule has 2 aliphatic heterocycles. The molecule has 3 aliphatic rings. The average Bonchev–Trinajstić information content (AvgIpc) is 2.80. The second-order valence-electron chi connectivity index (χ2n) is 5.92. The first-order valence-corrected chi connectivity index (χ1v) is 7.84. The summed E-state index contributed by atoms with van der Waals surface area (Å²) in [5.41, 5.74) is 5.51. The number of fused-ring (bicyclic) bond motifs is 3. The van der Waals surface area contributed by atoms with Crippen LogP contribution in [0.5, 0.6) is 0 Å². The maximum Gasteiger partial charge on any atom is 0.245 e. The Morgan fingerprint density at radius 3 is 2.88 bits per heavy atom. The first-order chi connectivity index (χ1) is 11.5. The summed E-state index contributed by atoms with van der Waals surface area (Å²) in [6, 6.07) is 6.84. The first kappa shape index (κ1) is 14.8. The quantitative estimate of drug-likeness (QED) is 0.753. The molecule has 0 fully saturated rings. The predicted molar refractivity (Wildman–Crippen MR) is 85.6 cm³/mol. The number of hydrogen-bond acceptors (Lipinski definition) is 5. The molecule has 0 aromatic heterocycles. The molecule has 6 nitrogen and oxygen atoms in total. The van der Waals surface area contributed by atoms with Gasteiger partial charge in [0.2, 0.25) is 11.8 Å². The predicted octanol–water partition coefficient (Wildman–Crippen LogP) is 2.26. The summed E-state index contributed by atoms with van der Waals surface area (Å²) in [5.74, 6) is -0.440. The summed E-state index contributed by atoms with van der Waals surface area (Å²) in [7, 11) is 0. The number of nitrogens with one attached hydrogen (secondary N) is 1. The van der Waals surface area contributed by atoms with E-state index in [2.05, 4.69) is 5.32 Å². The van der Waals surface area contributed by atoms with Gasteiger partial charge in [0, 0.05) is 29.1 Å². The highest BCUT2D eigenvalue weighted by molar-refractivity contribution is 6.31. The van der Waals surface area contributed by atoms with E-state index in [4.69, 9.17) is 22.1 Å². The number of allylic oxidation sites excluding steroid dienone is 1. The SMILES string of the molecule is N#CC1=C(N)OC2=C(C(=O)CCC2)C12C(=O)Nc1cc(Cl)ccc12. The molecule has 1 aliphatic carbocycles. The zero-order valence-electron chi connectivity index (χ0n) is 12.5. The lowest BCUT2D eigenvalue weighted by atomic mass is 9.65. The zero-order valence-corrected chi connectivity index (χ0v) is 13.2. The van der Waals surface area contributed by atoms with Crippen LogP contribution in [-0.2, 0) is 19.7 Å². The second kappa shape index (κ2) is 4.86. The molecule has 1 unspecified atom stereocenters. The van der Waals surface area contributed by atoms with Crippen LogP contribution in [0.4, 0.5) is 5.69 Å². The molecule has 0 saturated heterocycles. The maximum atomic E-state index is 13.0. The minimum absolute atomic E-state index is 0.0601. The van der Waals surface area contributed by atoms with Crippen molar-refractivity contribution in [3.8, 4) is 6.07 Å². The number of hydrogen-bond donors (Lipinski definition) is 2. The Kier molecular flexibility index (Phi) is 2.99. The van der Waals surface area contributed by atoms with Gasteiger partial charge < -0.3 is 15.8 Å². The second-order valence-corrected chi connectivity index (χ2v) is 6.36. The number of nitrogens with zero attached hydrogens (tertiary/aromatic N) is 1. The summed E-state index contributed by atoms with van der Waals surface area (Å²) >= 11 is 6.01. The fourth-order valence-electron chi connectivity index (χ4n) is 3.75. The Morgan fingerprint density at radius 1 is 1.33 bits per heavy atom. The molecule has 7 heteroatoms. The standard InChI is InChI=1S/C17H12ClN3O3/c18-8-4-5-9-11(6-8)21-16(23)17(9)10(7-19)15(20)24-13-3-1-2-12(22)14(13)17/h4-6H,1-3,20H2,(H,21,23). The Hall–Kier alpha value is -2.78. The van der Waals surface area contributed by atoms with Crippen molar-refractivity contribution in [3.63, 3.8) is 0 Å². The Bertz CT molecular complexity index is 925.